The molecule has 1 fully saturated rings. The molecule has 37 heavy (non-hydrogen) atoms. The van der Waals surface area contributed by atoms with E-state index in [1.54, 1.807) is 18.5 Å². The number of aromatic nitrogens is 3. The number of rotatable bonds is 7. The van der Waals surface area contributed by atoms with Crippen LogP contribution in [0.2, 0.25) is 5.02 Å². The third kappa shape index (κ3) is 5.87. The van der Waals surface area contributed by atoms with Crippen molar-refractivity contribution in [2.75, 3.05) is 44.6 Å². The molecule has 1 amide bonds. The Labute approximate surface area is 217 Å². The van der Waals surface area contributed by atoms with Crippen LogP contribution in [0, 0.1) is 5.82 Å². The Morgan fingerprint density at radius 2 is 1.95 bits per heavy atom. The van der Waals surface area contributed by atoms with E-state index in [0.29, 0.717) is 61.5 Å². The van der Waals surface area contributed by atoms with Crippen molar-refractivity contribution in [3.8, 4) is 17.0 Å². The van der Waals surface area contributed by atoms with Crippen LogP contribution in [-0.2, 0) is 0 Å². The summed E-state index contributed by atoms with van der Waals surface area (Å²) in [6.45, 7) is 3.60. The topological polar surface area (TPSA) is 104 Å². The Morgan fingerprint density at radius 1 is 1.11 bits per heavy atom. The summed E-state index contributed by atoms with van der Waals surface area (Å²) in [5.74, 6) is 0.269. The molecule has 9 nitrogen and oxygen atoms in total. The number of carbonyl (C=O) groups is 1. The van der Waals surface area contributed by atoms with Gasteiger partial charge in [-0.05, 0) is 42.5 Å². The Bertz CT molecular complexity index is 1430. The van der Waals surface area contributed by atoms with Gasteiger partial charge in [0.15, 0.2) is 0 Å². The highest BCUT2D eigenvalue weighted by Crippen LogP contribution is 2.30. The first-order chi connectivity index (χ1) is 18.0. The van der Waals surface area contributed by atoms with E-state index in [1.807, 2.05) is 24.3 Å². The second-order valence-corrected chi connectivity index (χ2v) is 9.01. The average molecular weight is 523 g/mol. The minimum Gasteiger partial charge on any atom is -0.492 e. The van der Waals surface area contributed by atoms with Crippen molar-refractivity contribution in [3.63, 3.8) is 0 Å². The van der Waals surface area contributed by atoms with Gasteiger partial charge in [-0.15, -0.1) is 0 Å². The minimum absolute atomic E-state index is 0.272. The molecule has 1 saturated heterocycles. The van der Waals surface area contributed by atoms with Crippen molar-refractivity contribution in [1.82, 2.24) is 25.0 Å². The second-order valence-electron chi connectivity index (χ2n) is 8.58. The predicted octanol–water partition coefficient (Wildman–Crippen LogP) is 4.90. The van der Waals surface area contributed by atoms with Gasteiger partial charge in [-0.3, -0.25) is 9.88 Å². The summed E-state index contributed by atoms with van der Waals surface area (Å²) in [6, 6.07) is 13.5. The van der Waals surface area contributed by atoms with E-state index >= 15 is 0 Å². The molecular formula is C26H24ClFN6O3. The number of nitrogens with zero attached hydrogens (tertiary/aromatic N) is 5. The number of ether oxygens (including phenoxy) is 1. The molecular weight excluding hydrogens is 499 g/mol. The number of piperazine rings is 1. The number of amides is 1. The maximum absolute atomic E-state index is 14.3. The minimum atomic E-state index is -0.871. The normalized spacial score (nSPS) is 14.1. The first-order valence-corrected chi connectivity index (χ1v) is 12.1. The van der Waals surface area contributed by atoms with E-state index in [9.17, 15) is 9.18 Å². The standard InChI is InChI=1S/C26H24ClFN6O3/c27-17-1-4-22(28)21(13-17)25-14-18(16-30-32-25)31-23-5-6-29-24-15-19(2-3-20(23)24)37-12-11-33-7-9-34(10-8-33)26(35)36/h1-6,13-16H,7-12H2,(H,35,36)(H,29,31,32). The van der Waals surface area contributed by atoms with Gasteiger partial charge in [0.25, 0.3) is 0 Å². The summed E-state index contributed by atoms with van der Waals surface area (Å²) in [5, 5.41) is 21.7. The molecule has 0 unspecified atom stereocenters. The molecule has 2 N–H and O–H groups in total. The molecule has 1 aliphatic heterocycles. The largest absolute Gasteiger partial charge is 0.492 e. The zero-order valence-electron chi connectivity index (χ0n) is 19.8. The summed E-state index contributed by atoms with van der Waals surface area (Å²) in [6.07, 6.45) is 2.39. The van der Waals surface area contributed by atoms with Crippen LogP contribution >= 0.6 is 11.6 Å². The van der Waals surface area contributed by atoms with Crippen molar-refractivity contribution in [3.05, 3.63) is 71.8 Å². The van der Waals surface area contributed by atoms with E-state index in [1.165, 1.54) is 23.1 Å². The molecule has 1 aliphatic rings. The van der Waals surface area contributed by atoms with Gasteiger partial charge in [-0.2, -0.15) is 10.2 Å². The van der Waals surface area contributed by atoms with E-state index in [4.69, 9.17) is 21.4 Å². The Hall–Kier alpha value is -4.02. The molecule has 0 bridgehead atoms. The monoisotopic (exact) mass is 522 g/mol. The fourth-order valence-corrected chi connectivity index (χ4v) is 4.37. The zero-order valence-corrected chi connectivity index (χ0v) is 20.5. The number of nitrogens with one attached hydrogen (secondary N) is 1. The molecule has 2 aromatic carbocycles. The van der Waals surface area contributed by atoms with E-state index < -0.39 is 11.9 Å². The number of halogens is 2. The maximum Gasteiger partial charge on any atom is 0.407 e. The molecule has 2 aromatic heterocycles. The highest BCUT2D eigenvalue weighted by molar-refractivity contribution is 6.30. The molecule has 0 aliphatic carbocycles. The molecule has 3 heterocycles. The van der Waals surface area contributed by atoms with Crippen molar-refractivity contribution >= 4 is 40.0 Å². The molecule has 0 radical (unpaired) electrons. The fourth-order valence-electron chi connectivity index (χ4n) is 4.20. The number of benzene rings is 2. The van der Waals surface area contributed by atoms with Crippen LogP contribution in [-0.4, -0.2) is 75.5 Å². The van der Waals surface area contributed by atoms with Gasteiger partial charge >= 0.3 is 6.09 Å². The van der Waals surface area contributed by atoms with Gasteiger partial charge in [0.1, 0.15) is 18.2 Å². The Kier molecular flexibility index (Phi) is 7.29. The van der Waals surface area contributed by atoms with Gasteiger partial charge in [-0.25, -0.2) is 9.18 Å². The third-order valence-electron chi connectivity index (χ3n) is 6.17. The summed E-state index contributed by atoms with van der Waals surface area (Å²) < 4.78 is 20.2. The van der Waals surface area contributed by atoms with Crippen LogP contribution in [0.15, 0.2) is 60.9 Å². The summed E-state index contributed by atoms with van der Waals surface area (Å²) in [4.78, 5) is 19.1. The summed E-state index contributed by atoms with van der Waals surface area (Å²) >= 11 is 6.03. The van der Waals surface area contributed by atoms with Crippen LogP contribution in [0.25, 0.3) is 22.2 Å². The molecule has 11 heteroatoms. The highest BCUT2D eigenvalue weighted by atomic mass is 35.5. The zero-order chi connectivity index (χ0) is 25.8. The highest BCUT2D eigenvalue weighted by Gasteiger charge is 2.20. The van der Waals surface area contributed by atoms with Crippen LogP contribution in [0.5, 0.6) is 5.75 Å². The number of fused-ring (bicyclic) bond motifs is 1. The number of anilines is 2. The van der Waals surface area contributed by atoms with Crippen molar-refractivity contribution < 1.29 is 19.0 Å². The van der Waals surface area contributed by atoms with Crippen LogP contribution in [0.1, 0.15) is 0 Å². The van der Waals surface area contributed by atoms with Gasteiger partial charge in [0, 0.05) is 66.6 Å². The SMILES string of the molecule is O=C(O)N1CCN(CCOc2ccc3c(Nc4cnnc(-c5cc(Cl)ccc5F)c4)ccnc3c2)CC1. The number of hydrogen-bond acceptors (Lipinski definition) is 7. The fraction of sp³-hybridized carbons (Fsp3) is 0.231. The van der Waals surface area contributed by atoms with Gasteiger partial charge in [0.05, 0.1) is 23.1 Å². The van der Waals surface area contributed by atoms with Crippen molar-refractivity contribution in [1.29, 1.82) is 0 Å². The number of hydrogen-bond donors (Lipinski definition) is 2. The molecule has 4 aromatic rings. The van der Waals surface area contributed by atoms with E-state index in [0.717, 1.165) is 16.6 Å². The van der Waals surface area contributed by atoms with E-state index in [2.05, 4.69) is 25.4 Å². The number of carboxylic acid groups (broad SMARTS) is 1. The van der Waals surface area contributed by atoms with Crippen molar-refractivity contribution in [2.45, 2.75) is 0 Å². The predicted molar refractivity (Wildman–Crippen MR) is 139 cm³/mol. The van der Waals surface area contributed by atoms with Crippen molar-refractivity contribution in [2.24, 2.45) is 0 Å². The lowest BCUT2D eigenvalue weighted by Gasteiger charge is -2.32. The van der Waals surface area contributed by atoms with Gasteiger partial charge in [0.2, 0.25) is 0 Å². The Morgan fingerprint density at radius 3 is 2.76 bits per heavy atom. The molecule has 0 atom stereocenters. The van der Waals surface area contributed by atoms with Gasteiger partial charge < -0.3 is 20.1 Å². The summed E-state index contributed by atoms with van der Waals surface area (Å²) in [5.41, 5.74) is 2.83. The van der Waals surface area contributed by atoms with E-state index in [-0.39, 0.29) is 5.56 Å². The quantitative estimate of drug-likeness (QED) is 0.353. The van der Waals surface area contributed by atoms with Crippen LogP contribution in [0.4, 0.5) is 20.6 Å². The maximum atomic E-state index is 14.3. The van der Waals surface area contributed by atoms with Gasteiger partial charge in [-0.1, -0.05) is 11.6 Å². The third-order valence-corrected chi connectivity index (χ3v) is 6.41. The molecule has 190 valence electrons. The number of pyridine rings is 1. The molecule has 0 spiro atoms. The second kappa shape index (κ2) is 10.9. The summed E-state index contributed by atoms with van der Waals surface area (Å²) in [7, 11) is 0. The van der Waals surface area contributed by atoms with Crippen LogP contribution in [0.3, 0.4) is 0 Å². The lowest BCUT2D eigenvalue weighted by molar-refractivity contribution is 0.0985. The molecule has 0 saturated carbocycles. The lowest BCUT2D eigenvalue weighted by atomic mass is 10.1. The first-order valence-electron chi connectivity index (χ1n) is 11.7. The first kappa shape index (κ1) is 24.7. The lowest BCUT2D eigenvalue weighted by Crippen LogP contribution is -2.49. The smallest absolute Gasteiger partial charge is 0.407 e. The average Bonchev–Trinajstić information content (AvgIpc) is 2.90. The van der Waals surface area contributed by atoms with Crippen LogP contribution < -0.4 is 10.1 Å². The Balaban J connectivity index is 1.25. The molecule has 5 rings (SSSR count).